The number of rotatable bonds is 3. The number of benzene rings is 2. The highest BCUT2D eigenvalue weighted by molar-refractivity contribution is 6.00. The summed E-state index contributed by atoms with van der Waals surface area (Å²) in [6, 6.07) is 13.7. The van der Waals surface area contributed by atoms with Crippen molar-refractivity contribution in [1.29, 1.82) is 0 Å². The maximum Gasteiger partial charge on any atom is 0.251 e. The predicted molar refractivity (Wildman–Crippen MR) is 109 cm³/mol. The van der Waals surface area contributed by atoms with Crippen molar-refractivity contribution in [2.45, 2.75) is 57.3 Å². The van der Waals surface area contributed by atoms with Crippen LogP contribution < -0.4 is 19.7 Å². The minimum absolute atomic E-state index is 0.0892. The summed E-state index contributed by atoms with van der Waals surface area (Å²) in [5.41, 5.74) is 3.15. The molecule has 0 aromatic heterocycles. The zero-order chi connectivity index (χ0) is 19.1. The van der Waals surface area contributed by atoms with E-state index in [0.717, 1.165) is 61.5 Å². The monoisotopic (exact) mass is 378 g/mol. The van der Waals surface area contributed by atoms with E-state index in [1.807, 2.05) is 48.2 Å². The second kappa shape index (κ2) is 6.73. The van der Waals surface area contributed by atoms with Crippen LogP contribution in [0, 0.1) is 0 Å². The lowest BCUT2D eigenvalue weighted by Crippen LogP contribution is -2.40. The molecule has 1 spiro atoms. The molecule has 0 bridgehead atoms. The summed E-state index contributed by atoms with van der Waals surface area (Å²) >= 11 is 0. The van der Waals surface area contributed by atoms with Crippen LogP contribution in [0.2, 0.25) is 0 Å². The van der Waals surface area contributed by atoms with E-state index in [4.69, 9.17) is 9.47 Å². The van der Waals surface area contributed by atoms with Crippen LogP contribution in [-0.2, 0) is 11.2 Å². The van der Waals surface area contributed by atoms with Crippen LogP contribution in [0.15, 0.2) is 42.5 Å². The standard InChI is InChI=1S/C23H26N2O3/c1-16(22(26)25-14-11-17-7-3-4-8-19(17)25)24-18-9-10-20-21(15-18)28-23(27-20)12-5-2-6-13-23/h3-4,7-10,15-16,24H,2,5-6,11-14H2,1H3. The average Bonchev–Trinajstić information content (AvgIpc) is 3.28. The second-order valence-corrected chi connectivity index (χ2v) is 8.07. The van der Waals surface area contributed by atoms with E-state index in [1.165, 1.54) is 12.0 Å². The summed E-state index contributed by atoms with van der Waals surface area (Å²) in [5, 5.41) is 3.34. The van der Waals surface area contributed by atoms with Gasteiger partial charge in [0.1, 0.15) is 6.04 Å². The molecule has 0 radical (unpaired) electrons. The summed E-state index contributed by atoms with van der Waals surface area (Å²) in [4.78, 5) is 14.9. The van der Waals surface area contributed by atoms with Gasteiger partial charge in [-0.25, -0.2) is 0 Å². The van der Waals surface area contributed by atoms with Crippen molar-refractivity contribution in [3.8, 4) is 11.5 Å². The number of anilines is 2. The Kier molecular flexibility index (Phi) is 4.18. The maximum absolute atomic E-state index is 13.0. The van der Waals surface area contributed by atoms with Gasteiger partial charge in [-0.1, -0.05) is 24.6 Å². The van der Waals surface area contributed by atoms with Crippen molar-refractivity contribution in [1.82, 2.24) is 0 Å². The third-order valence-corrected chi connectivity index (χ3v) is 6.06. The molecule has 2 aliphatic heterocycles. The molecule has 1 saturated carbocycles. The lowest BCUT2D eigenvalue weighted by atomic mass is 9.94. The molecule has 1 unspecified atom stereocenters. The Bertz CT molecular complexity index is 904. The number of ether oxygens (including phenoxy) is 2. The second-order valence-electron chi connectivity index (χ2n) is 8.07. The van der Waals surface area contributed by atoms with Crippen molar-refractivity contribution in [2.24, 2.45) is 0 Å². The molecule has 28 heavy (non-hydrogen) atoms. The third kappa shape index (κ3) is 2.99. The van der Waals surface area contributed by atoms with Gasteiger partial charge < -0.3 is 19.7 Å². The van der Waals surface area contributed by atoms with Crippen molar-refractivity contribution in [2.75, 3.05) is 16.8 Å². The number of nitrogens with one attached hydrogen (secondary N) is 1. The van der Waals surface area contributed by atoms with Gasteiger partial charge in [0.2, 0.25) is 5.91 Å². The van der Waals surface area contributed by atoms with E-state index in [9.17, 15) is 4.79 Å². The first kappa shape index (κ1) is 17.4. The average molecular weight is 378 g/mol. The molecular formula is C23H26N2O3. The van der Waals surface area contributed by atoms with Crippen molar-refractivity contribution in [3.63, 3.8) is 0 Å². The number of hydrogen-bond acceptors (Lipinski definition) is 4. The van der Waals surface area contributed by atoms with Gasteiger partial charge in [0.25, 0.3) is 5.79 Å². The third-order valence-electron chi connectivity index (χ3n) is 6.06. The van der Waals surface area contributed by atoms with Gasteiger partial charge in [-0.3, -0.25) is 4.79 Å². The molecule has 0 saturated heterocycles. The highest BCUT2D eigenvalue weighted by Crippen LogP contribution is 2.46. The summed E-state index contributed by atoms with van der Waals surface area (Å²) < 4.78 is 12.3. The number of fused-ring (bicyclic) bond motifs is 2. The van der Waals surface area contributed by atoms with E-state index < -0.39 is 5.79 Å². The number of carbonyl (C=O) groups excluding carboxylic acids is 1. The SMILES string of the molecule is CC(Nc1ccc2c(c1)OC1(CCCCC1)O2)C(=O)N1CCc2ccccc21. The number of nitrogens with zero attached hydrogens (tertiary/aromatic N) is 1. The van der Waals surface area contributed by atoms with Crippen LogP contribution >= 0.6 is 0 Å². The first-order chi connectivity index (χ1) is 13.6. The Morgan fingerprint density at radius 2 is 1.86 bits per heavy atom. The molecule has 5 nitrogen and oxygen atoms in total. The Labute approximate surface area is 165 Å². The number of hydrogen-bond donors (Lipinski definition) is 1. The molecule has 1 fully saturated rings. The smallest absolute Gasteiger partial charge is 0.251 e. The molecule has 146 valence electrons. The van der Waals surface area contributed by atoms with Crippen LogP contribution in [0.3, 0.4) is 0 Å². The maximum atomic E-state index is 13.0. The molecule has 2 aromatic rings. The Morgan fingerprint density at radius 1 is 1.07 bits per heavy atom. The first-order valence-electron chi connectivity index (χ1n) is 10.3. The quantitative estimate of drug-likeness (QED) is 0.854. The molecule has 5 rings (SSSR count). The van der Waals surface area contributed by atoms with E-state index >= 15 is 0 Å². The molecule has 2 heterocycles. The van der Waals surface area contributed by atoms with E-state index in [-0.39, 0.29) is 11.9 Å². The summed E-state index contributed by atoms with van der Waals surface area (Å²) in [6.45, 7) is 2.66. The highest BCUT2D eigenvalue weighted by atomic mass is 16.7. The van der Waals surface area contributed by atoms with Crippen LogP contribution in [0.5, 0.6) is 11.5 Å². The van der Waals surface area contributed by atoms with Crippen LogP contribution in [0.4, 0.5) is 11.4 Å². The highest BCUT2D eigenvalue weighted by Gasteiger charge is 2.42. The van der Waals surface area contributed by atoms with Crippen molar-refractivity contribution >= 4 is 17.3 Å². The van der Waals surface area contributed by atoms with E-state index in [1.54, 1.807) is 0 Å². The van der Waals surface area contributed by atoms with E-state index in [0.29, 0.717) is 0 Å². The zero-order valence-corrected chi connectivity index (χ0v) is 16.2. The fraction of sp³-hybridized carbons (Fsp3) is 0.435. The fourth-order valence-electron chi connectivity index (χ4n) is 4.59. The van der Waals surface area contributed by atoms with Gasteiger partial charge in [0, 0.05) is 36.8 Å². The van der Waals surface area contributed by atoms with Gasteiger partial charge in [-0.2, -0.15) is 0 Å². The molecule has 5 heteroatoms. The number of carbonyl (C=O) groups is 1. The topological polar surface area (TPSA) is 50.8 Å². The number of amides is 1. The normalized spacial score (nSPS) is 20.1. The number of para-hydroxylation sites is 1. The fourth-order valence-corrected chi connectivity index (χ4v) is 4.59. The first-order valence-corrected chi connectivity index (χ1v) is 10.3. The lowest BCUT2D eigenvalue weighted by Gasteiger charge is -2.31. The van der Waals surface area contributed by atoms with Crippen LogP contribution in [-0.4, -0.2) is 24.3 Å². The minimum Gasteiger partial charge on any atom is -0.448 e. The van der Waals surface area contributed by atoms with Gasteiger partial charge >= 0.3 is 0 Å². The van der Waals surface area contributed by atoms with Gasteiger partial charge in [-0.05, 0) is 49.9 Å². The van der Waals surface area contributed by atoms with Crippen LogP contribution in [0.1, 0.15) is 44.6 Å². The summed E-state index contributed by atoms with van der Waals surface area (Å²) in [6.07, 6.45) is 6.32. The predicted octanol–water partition coefficient (Wildman–Crippen LogP) is 4.51. The van der Waals surface area contributed by atoms with Crippen molar-refractivity contribution < 1.29 is 14.3 Å². The van der Waals surface area contributed by atoms with Crippen LogP contribution in [0.25, 0.3) is 0 Å². The molecule has 1 atom stereocenters. The summed E-state index contributed by atoms with van der Waals surface area (Å²) in [7, 11) is 0. The zero-order valence-electron chi connectivity index (χ0n) is 16.2. The van der Waals surface area contributed by atoms with Gasteiger partial charge in [0.15, 0.2) is 11.5 Å². The molecule has 1 N–H and O–H groups in total. The minimum atomic E-state index is -0.472. The Hall–Kier alpha value is -2.69. The molecular weight excluding hydrogens is 352 g/mol. The molecule has 1 aliphatic carbocycles. The molecule has 2 aromatic carbocycles. The Morgan fingerprint density at radius 3 is 2.71 bits per heavy atom. The van der Waals surface area contributed by atoms with Gasteiger partial charge in [0.05, 0.1) is 0 Å². The largest absolute Gasteiger partial charge is 0.448 e. The van der Waals surface area contributed by atoms with Gasteiger partial charge in [-0.15, -0.1) is 0 Å². The van der Waals surface area contributed by atoms with Crippen molar-refractivity contribution in [3.05, 3.63) is 48.0 Å². The van der Waals surface area contributed by atoms with E-state index in [2.05, 4.69) is 11.4 Å². The molecule has 3 aliphatic rings. The Balaban J connectivity index is 1.29. The lowest BCUT2D eigenvalue weighted by molar-refractivity contribution is -0.118. The summed E-state index contributed by atoms with van der Waals surface area (Å²) in [5.74, 6) is 1.20. The molecule has 1 amide bonds.